The van der Waals surface area contributed by atoms with E-state index in [0.29, 0.717) is 13.3 Å². The topological polar surface area (TPSA) is 27.1 Å². The van der Waals surface area contributed by atoms with Crippen LogP contribution >= 0.6 is 0 Å². The summed E-state index contributed by atoms with van der Waals surface area (Å²) in [5.41, 5.74) is 9.29. The number of benzene rings is 5. The summed E-state index contributed by atoms with van der Waals surface area (Å²) in [5, 5.41) is 2.45. The first-order chi connectivity index (χ1) is 16.9. The Balaban J connectivity index is 1.60. The lowest BCUT2D eigenvalue weighted by Gasteiger charge is -2.21. The van der Waals surface area contributed by atoms with Gasteiger partial charge in [-0.25, -0.2) is 4.98 Å². The van der Waals surface area contributed by atoms with Gasteiger partial charge in [0.25, 0.3) is 0 Å². The van der Waals surface area contributed by atoms with Crippen LogP contribution in [-0.2, 0) is 18.1 Å². The lowest BCUT2D eigenvalue weighted by atomic mass is 9.89. The minimum atomic E-state index is 0.479. The van der Waals surface area contributed by atoms with Crippen molar-refractivity contribution < 1.29 is 4.74 Å². The first kappa shape index (κ1) is 19.3. The molecule has 0 radical (unpaired) electrons. The van der Waals surface area contributed by atoms with E-state index in [1.165, 1.54) is 38.6 Å². The molecule has 0 unspecified atom stereocenters. The predicted octanol–water partition coefficient (Wildman–Crippen LogP) is 7.68. The fourth-order valence-corrected chi connectivity index (χ4v) is 5.20. The van der Waals surface area contributed by atoms with Crippen molar-refractivity contribution in [1.82, 2.24) is 9.55 Å². The largest absolute Gasteiger partial charge is 0.356 e. The molecule has 162 valence electrons. The first-order valence-electron chi connectivity index (χ1n) is 11.6. The van der Waals surface area contributed by atoms with Crippen molar-refractivity contribution in [3.05, 3.63) is 115 Å². The molecule has 7 rings (SSSR count). The minimum Gasteiger partial charge on any atom is -0.356 e. The molecule has 0 N–H and O–H groups in total. The molecule has 0 saturated heterocycles. The summed E-state index contributed by atoms with van der Waals surface area (Å²) in [4.78, 5) is 5.04. The van der Waals surface area contributed by atoms with Crippen LogP contribution in [0.2, 0.25) is 0 Å². The Morgan fingerprint density at radius 1 is 0.647 bits per heavy atom. The highest BCUT2D eigenvalue weighted by Gasteiger charge is 2.22. The molecule has 3 heteroatoms. The van der Waals surface area contributed by atoms with Gasteiger partial charge in [-0.3, -0.25) is 4.57 Å². The molecule has 5 aromatic carbocycles. The molecule has 0 amide bonds. The molecule has 3 nitrogen and oxygen atoms in total. The first-order valence-corrected chi connectivity index (χ1v) is 11.6. The van der Waals surface area contributed by atoms with E-state index in [9.17, 15) is 0 Å². The monoisotopic (exact) mass is 438 g/mol. The maximum Gasteiger partial charge on any atom is 0.143 e. The molecule has 0 bridgehead atoms. The Morgan fingerprint density at radius 2 is 1.35 bits per heavy atom. The van der Waals surface area contributed by atoms with Crippen molar-refractivity contribution >= 4 is 21.8 Å². The Bertz CT molecular complexity index is 1670. The lowest BCUT2D eigenvalue weighted by molar-refractivity contribution is 0.0675. The van der Waals surface area contributed by atoms with Crippen LogP contribution in [0.15, 0.2) is 109 Å². The SMILES string of the molecule is c1ccc(-c2cc3c4c(ccc(-c5ccccc5)c4c2)-c2nc4ccccc4n2COC3)cc1. The molecule has 0 spiro atoms. The zero-order valence-electron chi connectivity index (χ0n) is 18.6. The van der Waals surface area contributed by atoms with Gasteiger partial charge in [0.15, 0.2) is 0 Å². The fraction of sp³-hybridized carbons (Fsp3) is 0.0645. The summed E-state index contributed by atoms with van der Waals surface area (Å²) < 4.78 is 8.47. The standard InChI is InChI=1S/C31H22N2O/c1-3-9-21(10-4-1)23-17-24-19-34-20-33-29-14-8-7-13-28(29)32-31(33)26-16-15-25(27(18-23)30(24)26)22-11-5-2-6-12-22/h1-18H,19-20H2. The Kier molecular flexibility index (Phi) is 4.36. The van der Waals surface area contributed by atoms with E-state index < -0.39 is 0 Å². The van der Waals surface area contributed by atoms with Crippen LogP contribution in [0.4, 0.5) is 0 Å². The van der Waals surface area contributed by atoms with Crippen LogP contribution in [0.25, 0.3) is 55.4 Å². The van der Waals surface area contributed by atoms with Crippen LogP contribution < -0.4 is 0 Å². The number of hydrogen-bond donors (Lipinski definition) is 0. The average molecular weight is 439 g/mol. The number of nitrogens with zero attached hydrogens (tertiary/aromatic N) is 2. The second-order valence-corrected chi connectivity index (χ2v) is 8.78. The number of ether oxygens (including phenoxy) is 1. The van der Waals surface area contributed by atoms with E-state index in [0.717, 1.165) is 22.4 Å². The summed E-state index contributed by atoms with van der Waals surface area (Å²) in [5.74, 6) is 0.958. The van der Waals surface area contributed by atoms with Crippen LogP contribution in [0.1, 0.15) is 5.56 Å². The summed E-state index contributed by atoms with van der Waals surface area (Å²) in [7, 11) is 0. The molecular weight excluding hydrogens is 416 g/mol. The second-order valence-electron chi connectivity index (χ2n) is 8.78. The van der Waals surface area contributed by atoms with Gasteiger partial charge in [0.1, 0.15) is 12.6 Å². The molecule has 0 atom stereocenters. The van der Waals surface area contributed by atoms with Gasteiger partial charge >= 0.3 is 0 Å². The molecule has 0 saturated carbocycles. The molecule has 0 aliphatic carbocycles. The van der Waals surface area contributed by atoms with Gasteiger partial charge in [-0.05, 0) is 68.9 Å². The predicted molar refractivity (Wildman–Crippen MR) is 138 cm³/mol. The molecule has 1 aliphatic heterocycles. The van der Waals surface area contributed by atoms with Gasteiger partial charge in [-0.15, -0.1) is 0 Å². The van der Waals surface area contributed by atoms with E-state index in [-0.39, 0.29) is 0 Å². The molecule has 1 aromatic heterocycles. The zero-order chi connectivity index (χ0) is 22.5. The quantitative estimate of drug-likeness (QED) is 0.277. The minimum absolute atomic E-state index is 0.479. The van der Waals surface area contributed by atoms with E-state index >= 15 is 0 Å². The highest BCUT2D eigenvalue weighted by atomic mass is 16.5. The third-order valence-electron chi connectivity index (χ3n) is 6.76. The lowest BCUT2D eigenvalue weighted by Crippen LogP contribution is -2.09. The third-order valence-corrected chi connectivity index (χ3v) is 6.76. The highest BCUT2D eigenvalue weighted by Crippen LogP contribution is 2.41. The smallest absolute Gasteiger partial charge is 0.143 e. The van der Waals surface area contributed by atoms with E-state index in [1.807, 2.05) is 6.07 Å². The van der Waals surface area contributed by atoms with Gasteiger partial charge in [-0.1, -0.05) is 78.9 Å². The Morgan fingerprint density at radius 3 is 2.18 bits per heavy atom. The van der Waals surface area contributed by atoms with Crippen molar-refractivity contribution in [3.63, 3.8) is 0 Å². The summed E-state index contributed by atoms with van der Waals surface area (Å²) in [6.45, 7) is 1.03. The van der Waals surface area contributed by atoms with E-state index in [1.54, 1.807) is 0 Å². The van der Waals surface area contributed by atoms with E-state index in [2.05, 4.69) is 108 Å². The number of fused-ring (bicyclic) bond motifs is 4. The number of para-hydroxylation sites is 2. The Hall–Kier alpha value is -4.21. The fourth-order valence-electron chi connectivity index (χ4n) is 5.20. The summed E-state index contributed by atoms with van der Waals surface area (Å²) in [6, 6.07) is 38.6. The van der Waals surface area contributed by atoms with Crippen molar-refractivity contribution in [1.29, 1.82) is 0 Å². The molecule has 34 heavy (non-hydrogen) atoms. The molecule has 0 fully saturated rings. The van der Waals surface area contributed by atoms with Crippen LogP contribution in [0.3, 0.4) is 0 Å². The number of aromatic nitrogens is 2. The van der Waals surface area contributed by atoms with Gasteiger partial charge in [0.05, 0.1) is 17.6 Å². The highest BCUT2D eigenvalue weighted by molar-refractivity contribution is 6.08. The van der Waals surface area contributed by atoms with Crippen molar-refractivity contribution in [2.24, 2.45) is 0 Å². The molecular formula is C31H22N2O. The van der Waals surface area contributed by atoms with Gasteiger partial charge in [0.2, 0.25) is 0 Å². The van der Waals surface area contributed by atoms with E-state index in [4.69, 9.17) is 9.72 Å². The Labute approximate surface area is 197 Å². The van der Waals surface area contributed by atoms with Crippen LogP contribution in [0, 0.1) is 0 Å². The maximum absolute atomic E-state index is 6.27. The van der Waals surface area contributed by atoms with Crippen molar-refractivity contribution in [2.75, 3.05) is 0 Å². The number of rotatable bonds is 2. The molecule has 1 aliphatic rings. The van der Waals surface area contributed by atoms with Gasteiger partial charge in [0, 0.05) is 5.56 Å². The summed E-state index contributed by atoms with van der Waals surface area (Å²) in [6.07, 6.45) is 0. The van der Waals surface area contributed by atoms with Crippen molar-refractivity contribution in [3.8, 4) is 33.6 Å². The normalized spacial score (nSPS) is 12.9. The molecule has 6 aromatic rings. The number of imidazole rings is 1. The summed E-state index contributed by atoms with van der Waals surface area (Å²) >= 11 is 0. The number of hydrogen-bond acceptors (Lipinski definition) is 2. The second kappa shape index (κ2) is 7.68. The van der Waals surface area contributed by atoms with Crippen molar-refractivity contribution in [2.45, 2.75) is 13.3 Å². The van der Waals surface area contributed by atoms with Crippen LogP contribution in [-0.4, -0.2) is 9.55 Å². The van der Waals surface area contributed by atoms with Gasteiger partial charge < -0.3 is 4.74 Å². The van der Waals surface area contributed by atoms with Crippen LogP contribution in [0.5, 0.6) is 0 Å². The van der Waals surface area contributed by atoms with Gasteiger partial charge in [-0.2, -0.15) is 0 Å². The zero-order valence-corrected chi connectivity index (χ0v) is 18.6. The molecule has 2 heterocycles. The maximum atomic E-state index is 6.27. The average Bonchev–Trinajstić information content (AvgIpc) is 3.25. The third kappa shape index (κ3) is 2.98.